The fourth-order valence-electron chi connectivity index (χ4n) is 2.66. The van der Waals surface area contributed by atoms with Crippen LogP contribution in [-0.2, 0) is 17.8 Å². The molecule has 0 fully saturated rings. The Morgan fingerprint density at radius 3 is 2.81 bits per heavy atom. The van der Waals surface area contributed by atoms with Gasteiger partial charge in [-0.3, -0.25) is 14.5 Å². The van der Waals surface area contributed by atoms with E-state index in [1.54, 1.807) is 23.3 Å². The van der Waals surface area contributed by atoms with Gasteiger partial charge in [0.2, 0.25) is 5.91 Å². The van der Waals surface area contributed by atoms with Gasteiger partial charge in [-0.25, -0.2) is 4.98 Å². The standard InChI is InChI=1S/C20H17N5OS/c26-19(9-17-14-27-20(24-17)16-7-4-8-21-10-16)23-18-11-22-25(13-18)12-15-5-2-1-3-6-15/h1-8,10-11,13-14H,9,12H2,(H,23,26). The van der Waals surface area contributed by atoms with Gasteiger partial charge in [0.15, 0.2) is 0 Å². The van der Waals surface area contributed by atoms with Crippen molar-refractivity contribution in [3.05, 3.63) is 83.9 Å². The van der Waals surface area contributed by atoms with Crippen LogP contribution in [0.15, 0.2) is 72.6 Å². The summed E-state index contributed by atoms with van der Waals surface area (Å²) in [7, 11) is 0. The smallest absolute Gasteiger partial charge is 0.230 e. The summed E-state index contributed by atoms with van der Waals surface area (Å²) in [5.41, 5.74) is 3.53. The van der Waals surface area contributed by atoms with Crippen molar-refractivity contribution in [2.75, 3.05) is 5.32 Å². The summed E-state index contributed by atoms with van der Waals surface area (Å²) in [5, 5.41) is 9.94. The molecule has 0 radical (unpaired) electrons. The molecule has 27 heavy (non-hydrogen) atoms. The zero-order valence-corrected chi connectivity index (χ0v) is 15.3. The lowest BCUT2D eigenvalue weighted by molar-refractivity contribution is -0.115. The highest BCUT2D eigenvalue weighted by Gasteiger charge is 2.10. The van der Waals surface area contributed by atoms with Crippen LogP contribution in [0.3, 0.4) is 0 Å². The van der Waals surface area contributed by atoms with Crippen molar-refractivity contribution in [1.82, 2.24) is 19.7 Å². The quantitative estimate of drug-likeness (QED) is 0.558. The normalized spacial score (nSPS) is 10.7. The minimum absolute atomic E-state index is 0.114. The van der Waals surface area contributed by atoms with E-state index in [0.29, 0.717) is 12.2 Å². The van der Waals surface area contributed by atoms with Gasteiger partial charge in [-0.2, -0.15) is 5.10 Å². The molecule has 3 heterocycles. The molecule has 0 spiro atoms. The number of amides is 1. The molecule has 6 nitrogen and oxygen atoms in total. The van der Waals surface area contributed by atoms with E-state index in [2.05, 4.69) is 20.4 Å². The largest absolute Gasteiger partial charge is 0.323 e. The first-order chi connectivity index (χ1) is 13.3. The number of nitrogens with one attached hydrogen (secondary N) is 1. The SMILES string of the molecule is O=C(Cc1csc(-c2cccnc2)n1)Nc1cnn(Cc2ccccc2)c1. The van der Waals surface area contributed by atoms with Gasteiger partial charge in [0.25, 0.3) is 0 Å². The second-order valence-corrected chi connectivity index (χ2v) is 6.88. The Balaban J connectivity index is 1.35. The van der Waals surface area contributed by atoms with E-state index >= 15 is 0 Å². The second kappa shape index (κ2) is 7.92. The number of pyridine rings is 1. The van der Waals surface area contributed by atoms with Gasteiger partial charge < -0.3 is 5.32 Å². The predicted octanol–water partition coefficient (Wildman–Crippen LogP) is 3.63. The van der Waals surface area contributed by atoms with Crippen molar-refractivity contribution in [2.24, 2.45) is 0 Å². The molecule has 0 bridgehead atoms. The summed E-state index contributed by atoms with van der Waals surface area (Å²) in [6.07, 6.45) is 7.20. The molecule has 4 aromatic rings. The van der Waals surface area contributed by atoms with Gasteiger partial charge in [0, 0.05) is 29.5 Å². The monoisotopic (exact) mass is 375 g/mol. The lowest BCUT2D eigenvalue weighted by Crippen LogP contribution is -2.14. The number of aromatic nitrogens is 4. The third-order valence-electron chi connectivity index (χ3n) is 3.91. The summed E-state index contributed by atoms with van der Waals surface area (Å²) in [5.74, 6) is -0.114. The summed E-state index contributed by atoms with van der Waals surface area (Å²) in [6.45, 7) is 0.664. The van der Waals surface area contributed by atoms with Crippen molar-refractivity contribution in [3.63, 3.8) is 0 Å². The Bertz CT molecular complexity index is 1030. The van der Waals surface area contributed by atoms with Gasteiger partial charge in [0.05, 0.1) is 30.5 Å². The van der Waals surface area contributed by atoms with Crippen LogP contribution < -0.4 is 5.32 Å². The number of carbonyl (C=O) groups excluding carboxylic acids is 1. The molecule has 0 atom stereocenters. The number of anilines is 1. The average Bonchev–Trinajstić information content (AvgIpc) is 3.33. The van der Waals surface area contributed by atoms with Crippen LogP contribution in [0.25, 0.3) is 10.6 Å². The first-order valence-corrected chi connectivity index (χ1v) is 9.35. The number of carbonyl (C=O) groups is 1. The first-order valence-electron chi connectivity index (χ1n) is 8.47. The third-order valence-corrected chi connectivity index (χ3v) is 4.85. The van der Waals surface area contributed by atoms with Crippen LogP contribution in [-0.4, -0.2) is 25.7 Å². The van der Waals surface area contributed by atoms with Gasteiger partial charge in [0.1, 0.15) is 5.01 Å². The summed E-state index contributed by atoms with van der Waals surface area (Å²) < 4.78 is 1.80. The zero-order valence-electron chi connectivity index (χ0n) is 14.4. The van der Waals surface area contributed by atoms with Crippen LogP contribution in [0.1, 0.15) is 11.3 Å². The highest BCUT2D eigenvalue weighted by atomic mass is 32.1. The van der Waals surface area contributed by atoms with Crippen LogP contribution in [0.4, 0.5) is 5.69 Å². The topological polar surface area (TPSA) is 72.7 Å². The molecular formula is C20H17N5OS. The molecular weight excluding hydrogens is 358 g/mol. The van der Waals surface area contributed by atoms with E-state index in [1.807, 2.05) is 54.0 Å². The van der Waals surface area contributed by atoms with Crippen LogP contribution in [0.2, 0.25) is 0 Å². The highest BCUT2D eigenvalue weighted by molar-refractivity contribution is 7.13. The first kappa shape index (κ1) is 17.1. The molecule has 1 N–H and O–H groups in total. The Hall–Kier alpha value is -3.32. The van der Waals surface area contributed by atoms with Crippen LogP contribution >= 0.6 is 11.3 Å². The maximum absolute atomic E-state index is 12.3. The summed E-state index contributed by atoms with van der Waals surface area (Å²) in [6, 6.07) is 13.9. The number of benzene rings is 1. The molecule has 3 aromatic heterocycles. The Kier molecular flexibility index (Phi) is 5.02. The molecule has 0 aliphatic heterocycles. The molecule has 0 saturated heterocycles. The van der Waals surface area contributed by atoms with E-state index in [0.717, 1.165) is 21.8 Å². The number of thiazole rings is 1. The van der Waals surface area contributed by atoms with Crippen LogP contribution in [0, 0.1) is 0 Å². The lowest BCUT2D eigenvalue weighted by Gasteiger charge is -2.02. The maximum Gasteiger partial charge on any atom is 0.230 e. The van der Waals surface area contributed by atoms with E-state index in [-0.39, 0.29) is 12.3 Å². The highest BCUT2D eigenvalue weighted by Crippen LogP contribution is 2.23. The van der Waals surface area contributed by atoms with Crippen molar-refractivity contribution < 1.29 is 4.79 Å². The predicted molar refractivity (Wildman–Crippen MR) is 105 cm³/mol. The minimum Gasteiger partial charge on any atom is -0.323 e. The van der Waals surface area contributed by atoms with Crippen LogP contribution in [0.5, 0.6) is 0 Å². The minimum atomic E-state index is -0.114. The van der Waals surface area contributed by atoms with Crippen molar-refractivity contribution in [3.8, 4) is 10.6 Å². The molecule has 134 valence electrons. The Labute approximate surface area is 160 Å². The fourth-order valence-corrected chi connectivity index (χ4v) is 3.48. The van der Waals surface area contributed by atoms with Gasteiger partial charge in [-0.1, -0.05) is 30.3 Å². The summed E-state index contributed by atoms with van der Waals surface area (Å²) in [4.78, 5) is 20.9. The number of nitrogens with zero attached hydrogens (tertiary/aromatic N) is 4. The Morgan fingerprint density at radius 1 is 1.11 bits per heavy atom. The summed E-state index contributed by atoms with van der Waals surface area (Å²) >= 11 is 1.51. The number of rotatable bonds is 6. The zero-order chi connectivity index (χ0) is 18.5. The molecule has 0 aliphatic carbocycles. The van der Waals surface area contributed by atoms with Gasteiger partial charge >= 0.3 is 0 Å². The lowest BCUT2D eigenvalue weighted by atomic mass is 10.2. The van der Waals surface area contributed by atoms with E-state index in [9.17, 15) is 4.79 Å². The number of hydrogen-bond donors (Lipinski definition) is 1. The molecule has 0 saturated carbocycles. The molecule has 4 rings (SSSR count). The average molecular weight is 375 g/mol. The van der Waals surface area contributed by atoms with Gasteiger partial charge in [-0.05, 0) is 17.7 Å². The van der Waals surface area contributed by atoms with E-state index < -0.39 is 0 Å². The van der Waals surface area contributed by atoms with Crippen molar-refractivity contribution in [1.29, 1.82) is 0 Å². The molecule has 1 amide bonds. The molecule has 1 aromatic carbocycles. The second-order valence-electron chi connectivity index (χ2n) is 6.02. The van der Waals surface area contributed by atoms with E-state index in [1.165, 1.54) is 11.3 Å². The molecule has 0 aliphatic rings. The maximum atomic E-state index is 12.3. The van der Waals surface area contributed by atoms with Gasteiger partial charge in [-0.15, -0.1) is 11.3 Å². The molecule has 0 unspecified atom stereocenters. The van der Waals surface area contributed by atoms with E-state index in [4.69, 9.17) is 0 Å². The van der Waals surface area contributed by atoms with Crippen molar-refractivity contribution >= 4 is 22.9 Å². The number of hydrogen-bond acceptors (Lipinski definition) is 5. The Morgan fingerprint density at radius 2 is 2.00 bits per heavy atom. The fraction of sp³-hybridized carbons (Fsp3) is 0.100. The third kappa shape index (κ3) is 4.45. The van der Waals surface area contributed by atoms with Crippen molar-refractivity contribution in [2.45, 2.75) is 13.0 Å². The molecule has 7 heteroatoms.